The summed E-state index contributed by atoms with van der Waals surface area (Å²) >= 11 is 7.46. The summed E-state index contributed by atoms with van der Waals surface area (Å²) in [5, 5.41) is 16.4. The van der Waals surface area contributed by atoms with Gasteiger partial charge in [0.2, 0.25) is 0 Å². The molecule has 2 aromatic rings. The third-order valence-electron chi connectivity index (χ3n) is 5.20. The molecule has 6 nitrogen and oxygen atoms in total. The molecule has 35 heavy (non-hydrogen) atoms. The Kier molecular flexibility index (Phi) is 8.70. The van der Waals surface area contributed by atoms with Gasteiger partial charge in [-0.2, -0.15) is 18.4 Å². The molecule has 0 saturated heterocycles. The van der Waals surface area contributed by atoms with E-state index in [0.717, 1.165) is 11.8 Å². The second-order valence-electron chi connectivity index (χ2n) is 7.56. The molecule has 1 atom stereocenters. The maximum atomic E-state index is 13.5. The molecule has 1 aromatic heterocycles. The van der Waals surface area contributed by atoms with Crippen LogP contribution in [0.15, 0.2) is 64.5 Å². The molecule has 2 N–H and O–H groups in total. The van der Waals surface area contributed by atoms with Gasteiger partial charge in [0.25, 0.3) is 5.91 Å². The Balaban J connectivity index is 1.99. The highest BCUT2D eigenvalue weighted by Crippen LogP contribution is 2.43. The lowest BCUT2D eigenvalue weighted by Crippen LogP contribution is -2.31. The highest BCUT2D eigenvalue weighted by atomic mass is 35.5. The van der Waals surface area contributed by atoms with E-state index in [0.29, 0.717) is 27.7 Å². The molecule has 0 spiro atoms. The lowest BCUT2D eigenvalue weighted by molar-refractivity contribution is -0.134. The number of hydrogen-bond donors (Lipinski definition) is 2. The Hall–Kier alpha value is -3.16. The van der Waals surface area contributed by atoms with Gasteiger partial charge in [-0.05, 0) is 37.3 Å². The van der Waals surface area contributed by atoms with Gasteiger partial charge in [0.1, 0.15) is 10.9 Å². The van der Waals surface area contributed by atoms with Crippen LogP contribution in [-0.2, 0) is 4.79 Å². The van der Waals surface area contributed by atoms with Crippen molar-refractivity contribution >= 4 is 35.0 Å². The average molecular weight is 523 g/mol. The topological polar surface area (TPSA) is 87.0 Å². The fourth-order valence-corrected chi connectivity index (χ4v) is 4.90. The molecule has 1 unspecified atom stereocenters. The number of nitrogens with one attached hydrogen (secondary N) is 2. The summed E-state index contributed by atoms with van der Waals surface area (Å²) < 4.78 is 43.0. The van der Waals surface area contributed by atoms with Gasteiger partial charge in [0.15, 0.2) is 0 Å². The first-order chi connectivity index (χ1) is 16.7. The Morgan fingerprint density at radius 1 is 1.31 bits per heavy atom. The normalized spacial score (nSPS) is 16.0. The number of dihydropyridines is 1. The molecule has 1 aliphatic heterocycles. The fourth-order valence-electron chi connectivity index (χ4n) is 3.64. The molecule has 0 bridgehead atoms. The number of amides is 1. The molecule has 2 heterocycles. The highest BCUT2D eigenvalue weighted by molar-refractivity contribution is 8.03. The van der Waals surface area contributed by atoms with Gasteiger partial charge in [-0.25, -0.2) is 4.98 Å². The maximum Gasteiger partial charge on any atom is 0.389 e. The predicted octanol–water partition coefficient (Wildman–Crippen LogP) is 6.15. The number of nitrogens with zero attached hydrogens (tertiary/aromatic N) is 2. The van der Waals surface area contributed by atoms with Crippen LogP contribution in [0, 0.1) is 11.3 Å². The zero-order valence-corrected chi connectivity index (χ0v) is 20.4. The first-order valence-electron chi connectivity index (χ1n) is 10.5. The molecule has 1 aromatic carbocycles. The van der Waals surface area contributed by atoms with Crippen molar-refractivity contribution in [1.29, 1.82) is 5.26 Å². The number of halogens is 4. The molecule has 0 aliphatic carbocycles. The number of hydrogen-bond acceptors (Lipinski definition) is 6. The molecule has 0 radical (unpaired) electrons. The second kappa shape index (κ2) is 11.5. The van der Waals surface area contributed by atoms with Gasteiger partial charge in [-0.1, -0.05) is 29.8 Å². The summed E-state index contributed by atoms with van der Waals surface area (Å²) in [5.41, 5.74) is 1.73. The highest BCUT2D eigenvalue weighted by Gasteiger charge is 2.36. The third kappa shape index (κ3) is 6.50. The summed E-state index contributed by atoms with van der Waals surface area (Å²) in [7, 11) is 1.48. The molecule has 11 heteroatoms. The van der Waals surface area contributed by atoms with Gasteiger partial charge in [0, 0.05) is 29.5 Å². The minimum Gasteiger partial charge on any atom is -0.495 e. The molecule has 1 amide bonds. The van der Waals surface area contributed by atoms with E-state index in [1.807, 2.05) is 0 Å². The number of rotatable bonds is 8. The van der Waals surface area contributed by atoms with Crippen LogP contribution in [0.3, 0.4) is 0 Å². The lowest BCUT2D eigenvalue weighted by Gasteiger charge is -2.30. The zero-order valence-electron chi connectivity index (χ0n) is 18.9. The first kappa shape index (κ1) is 26.4. The van der Waals surface area contributed by atoms with Crippen molar-refractivity contribution in [2.24, 2.45) is 0 Å². The fraction of sp³-hybridized carbons (Fsp3) is 0.292. The number of para-hydroxylation sites is 2. The zero-order chi connectivity index (χ0) is 25.6. The van der Waals surface area contributed by atoms with Crippen LogP contribution in [0.2, 0.25) is 5.15 Å². The standard InChI is InChI=1S/C24H22ClF3N4O2S/c1-14-19(22(33)32-17-8-3-4-9-18(17)34-2)20(15-7-5-11-30-21(15)25)16(13-29)23(31-14)35-12-6-10-24(26,27)28/h3-5,7-9,11,20,31H,6,10,12H2,1-2H3,(H,32,33). The van der Waals surface area contributed by atoms with E-state index >= 15 is 0 Å². The van der Waals surface area contributed by atoms with Crippen LogP contribution < -0.4 is 15.4 Å². The Morgan fingerprint density at radius 3 is 2.71 bits per heavy atom. The summed E-state index contributed by atoms with van der Waals surface area (Å²) in [6, 6.07) is 12.3. The number of pyridine rings is 1. The van der Waals surface area contributed by atoms with Crippen molar-refractivity contribution in [3.63, 3.8) is 0 Å². The summed E-state index contributed by atoms with van der Waals surface area (Å²) in [6.07, 6.45) is -3.80. The van der Waals surface area contributed by atoms with Crippen LogP contribution in [0.1, 0.15) is 31.2 Å². The average Bonchev–Trinajstić information content (AvgIpc) is 2.81. The molecular weight excluding hydrogens is 501 g/mol. The third-order valence-corrected chi connectivity index (χ3v) is 6.62. The van der Waals surface area contributed by atoms with Crippen LogP contribution in [0.25, 0.3) is 0 Å². The van der Waals surface area contributed by atoms with Gasteiger partial charge in [-0.3, -0.25) is 4.79 Å². The molecule has 1 aliphatic rings. The van der Waals surface area contributed by atoms with Crippen molar-refractivity contribution in [3.05, 3.63) is 75.2 Å². The van der Waals surface area contributed by atoms with E-state index < -0.39 is 24.4 Å². The Bertz CT molecular complexity index is 1210. The molecule has 0 saturated carbocycles. The minimum absolute atomic E-state index is 0.111. The van der Waals surface area contributed by atoms with Gasteiger partial charge < -0.3 is 15.4 Å². The number of anilines is 1. The number of aromatic nitrogens is 1. The van der Waals surface area contributed by atoms with Gasteiger partial charge in [-0.15, -0.1) is 11.8 Å². The van der Waals surface area contributed by atoms with Crippen LogP contribution in [0.4, 0.5) is 18.9 Å². The van der Waals surface area contributed by atoms with Crippen LogP contribution in [-0.4, -0.2) is 29.9 Å². The molecule has 184 valence electrons. The number of ether oxygens (including phenoxy) is 1. The summed E-state index contributed by atoms with van der Waals surface area (Å²) in [5.74, 6) is -0.771. The minimum atomic E-state index is -4.25. The smallest absolute Gasteiger partial charge is 0.389 e. The van der Waals surface area contributed by atoms with Crippen molar-refractivity contribution in [3.8, 4) is 11.8 Å². The van der Waals surface area contributed by atoms with Crippen molar-refractivity contribution < 1.29 is 22.7 Å². The van der Waals surface area contributed by atoms with Crippen LogP contribution in [0.5, 0.6) is 5.75 Å². The van der Waals surface area contributed by atoms with E-state index in [9.17, 15) is 23.2 Å². The SMILES string of the molecule is COc1ccccc1NC(=O)C1=C(C)NC(SCCCC(F)(F)F)=C(C#N)C1c1cccnc1Cl. The number of nitriles is 1. The van der Waals surface area contributed by atoms with Gasteiger partial charge in [0.05, 0.1) is 35.4 Å². The van der Waals surface area contributed by atoms with E-state index in [-0.39, 0.29) is 28.5 Å². The summed E-state index contributed by atoms with van der Waals surface area (Å²) in [4.78, 5) is 17.6. The number of methoxy groups -OCH3 is 1. The molecular formula is C24H22ClF3N4O2S. The van der Waals surface area contributed by atoms with Gasteiger partial charge >= 0.3 is 6.18 Å². The van der Waals surface area contributed by atoms with E-state index in [2.05, 4.69) is 21.7 Å². The number of thioether (sulfide) groups is 1. The number of benzene rings is 1. The maximum absolute atomic E-state index is 13.5. The van der Waals surface area contributed by atoms with Crippen molar-refractivity contribution in [2.45, 2.75) is 31.9 Å². The molecule has 0 fully saturated rings. The number of alkyl halides is 3. The van der Waals surface area contributed by atoms with E-state index in [1.165, 1.54) is 13.3 Å². The van der Waals surface area contributed by atoms with Crippen LogP contribution >= 0.6 is 23.4 Å². The number of carbonyl (C=O) groups excluding carboxylic acids is 1. The Morgan fingerprint density at radius 2 is 2.06 bits per heavy atom. The van der Waals surface area contributed by atoms with E-state index in [1.54, 1.807) is 43.3 Å². The predicted molar refractivity (Wildman–Crippen MR) is 130 cm³/mol. The largest absolute Gasteiger partial charge is 0.495 e. The summed E-state index contributed by atoms with van der Waals surface area (Å²) in [6.45, 7) is 1.67. The Labute approximate surface area is 210 Å². The van der Waals surface area contributed by atoms with Crippen molar-refractivity contribution in [1.82, 2.24) is 10.3 Å². The lowest BCUT2D eigenvalue weighted by atomic mass is 9.82. The quantitative estimate of drug-likeness (QED) is 0.319. The van der Waals surface area contributed by atoms with Crippen molar-refractivity contribution in [2.75, 3.05) is 18.2 Å². The number of allylic oxidation sites excluding steroid dienone is 2. The number of carbonyl (C=O) groups is 1. The first-order valence-corrected chi connectivity index (χ1v) is 11.9. The molecule has 3 rings (SSSR count). The second-order valence-corrected chi connectivity index (χ2v) is 9.02. The van der Waals surface area contributed by atoms with E-state index in [4.69, 9.17) is 16.3 Å². The monoisotopic (exact) mass is 522 g/mol.